The molecule has 1 aliphatic heterocycles. The van der Waals surface area contributed by atoms with Crippen molar-refractivity contribution in [3.8, 4) is 0 Å². The first kappa shape index (κ1) is 13.8. The van der Waals surface area contributed by atoms with Gasteiger partial charge in [-0.3, -0.25) is 5.43 Å². The lowest BCUT2D eigenvalue weighted by Gasteiger charge is -2.19. The van der Waals surface area contributed by atoms with Gasteiger partial charge < -0.3 is 0 Å². The summed E-state index contributed by atoms with van der Waals surface area (Å²) in [6, 6.07) is 5.57. The Bertz CT molecular complexity index is 681. The van der Waals surface area contributed by atoms with E-state index in [2.05, 4.69) is 22.5 Å². The number of benzene rings is 1. The molecule has 2 aromatic rings. The lowest BCUT2D eigenvalue weighted by Crippen LogP contribution is -2.19. The summed E-state index contributed by atoms with van der Waals surface area (Å²) >= 11 is 13.6. The maximum Gasteiger partial charge on any atom is 0.214 e. The molecule has 0 amide bonds. The van der Waals surface area contributed by atoms with Crippen LogP contribution in [0.5, 0.6) is 0 Å². The van der Waals surface area contributed by atoms with Crippen molar-refractivity contribution in [1.82, 2.24) is 14.9 Å². The summed E-state index contributed by atoms with van der Waals surface area (Å²) in [5.41, 5.74) is 5.26. The Morgan fingerprint density at radius 2 is 2.10 bits per heavy atom. The minimum absolute atomic E-state index is 0.542. The minimum Gasteiger partial charge on any atom is -0.290 e. The monoisotopic (exact) mass is 326 g/mol. The molecule has 104 valence electrons. The first-order valence-electron chi connectivity index (χ1n) is 6.22. The van der Waals surface area contributed by atoms with Gasteiger partial charge in [-0.25, -0.2) is 4.68 Å². The average Bonchev–Trinajstić information content (AvgIpc) is 2.85. The van der Waals surface area contributed by atoms with Crippen molar-refractivity contribution in [2.45, 2.75) is 24.9 Å². The molecular weight excluding hydrogens is 315 g/mol. The van der Waals surface area contributed by atoms with E-state index >= 15 is 0 Å². The van der Waals surface area contributed by atoms with E-state index in [-0.39, 0.29) is 0 Å². The average molecular weight is 327 g/mol. The molecule has 0 saturated carbocycles. The van der Waals surface area contributed by atoms with E-state index in [1.54, 1.807) is 6.07 Å². The van der Waals surface area contributed by atoms with Gasteiger partial charge in [0.15, 0.2) is 5.82 Å². The quantitative estimate of drug-likeness (QED) is 0.918. The van der Waals surface area contributed by atoms with Gasteiger partial charge in [-0.1, -0.05) is 48.0 Å². The highest BCUT2D eigenvalue weighted by atomic mass is 35.5. The molecular formula is C13H12Cl2N4S. The maximum atomic E-state index is 6.07. The van der Waals surface area contributed by atoms with E-state index in [0.717, 1.165) is 35.1 Å². The maximum absolute atomic E-state index is 6.07. The van der Waals surface area contributed by atoms with Gasteiger partial charge in [-0.2, -0.15) is 0 Å². The van der Waals surface area contributed by atoms with E-state index in [1.165, 1.54) is 11.8 Å². The molecule has 1 N–H and O–H groups in total. The van der Waals surface area contributed by atoms with Crippen molar-refractivity contribution < 1.29 is 0 Å². The number of nitrogens with one attached hydrogen (secondary N) is 1. The molecule has 0 unspecified atom stereocenters. The number of nitrogens with zero attached hydrogens (tertiary/aromatic N) is 3. The van der Waals surface area contributed by atoms with Crippen LogP contribution in [0.4, 0.5) is 0 Å². The fourth-order valence-corrected chi connectivity index (χ4v) is 2.98. The molecule has 7 heteroatoms. The van der Waals surface area contributed by atoms with E-state index < -0.39 is 0 Å². The lowest BCUT2D eigenvalue weighted by atomic mass is 10.2. The number of hydrogen-bond acceptors (Lipinski definition) is 4. The third-order valence-corrected chi connectivity index (χ3v) is 4.49. The summed E-state index contributed by atoms with van der Waals surface area (Å²) in [6.07, 6.45) is 1.91. The van der Waals surface area contributed by atoms with Gasteiger partial charge in [-0.05, 0) is 18.6 Å². The van der Waals surface area contributed by atoms with Crippen molar-refractivity contribution in [3.05, 3.63) is 45.0 Å². The molecule has 0 radical (unpaired) electrons. The van der Waals surface area contributed by atoms with Crippen LogP contribution in [-0.4, -0.2) is 14.9 Å². The highest BCUT2D eigenvalue weighted by Gasteiger charge is 2.18. The molecule has 2 heterocycles. The Hall–Kier alpha value is -1.17. The normalized spacial score (nSPS) is 13.7. The van der Waals surface area contributed by atoms with Gasteiger partial charge in [0.25, 0.3) is 0 Å². The molecule has 1 aromatic carbocycles. The SMILES string of the molecule is CCCc1nnc2n1NC(c1ccc(Cl)c(Cl)c1)=CS2. The van der Waals surface area contributed by atoms with Crippen molar-refractivity contribution >= 4 is 40.7 Å². The Balaban J connectivity index is 1.91. The summed E-state index contributed by atoms with van der Waals surface area (Å²) in [5, 5.41) is 12.3. The van der Waals surface area contributed by atoms with Gasteiger partial charge in [0.2, 0.25) is 5.16 Å². The predicted octanol–water partition coefficient (Wildman–Crippen LogP) is 4.19. The highest BCUT2D eigenvalue weighted by molar-refractivity contribution is 8.02. The third kappa shape index (κ3) is 2.53. The summed E-state index contributed by atoms with van der Waals surface area (Å²) in [4.78, 5) is 0. The highest BCUT2D eigenvalue weighted by Crippen LogP contribution is 2.31. The molecule has 0 atom stereocenters. The zero-order valence-corrected chi connectivity index (χ0v) is 13.1. The van der Waals surface area contributed by atoms with Crippen LogP contribution in [-0.2, 0) is 6.42 Å². The standard InChI is InChI=1S/C13H12Cl2N4S/c1-2-3-12-16-17-13-19(12)18-11(7-20-13)8-4-5-9(14)10(15)6-8/h4-7,18H,2-3H2,1H3. The van der Waals surface area contributed by atoms with Gasteiger partial charge in [-0.15, -0.1) is 10.2 Å². The van der Waals surface area contributed by atoms with Crippen LogP contribution in [0.1, 0.15) is 24.7 Å². The Morgan fingerprint density at radius 3 is 2.85 bits per heavy atom. The van der Waals surface area contributed by atoms with E-state index in [4.69, 9.17) is 23.2 Å². The zero-order valence-electron chi connectivity index (χ0n) is 10.7. The van der Waals surface area contributed by atoms with E-state index in [0.29, 0.717) is 10.0 Å². The summed E-state index contributed by atoms with van der Waals surface area (Å²) < 4.78 is 1.92. The first-order chi connectivity index (χ1) is 9.69. The molecule has 0 spiro atoms. The van der Waals surface area contributed by atoms with Gasteiger partial charge in [0.1, 0.15) is 0 Å². The molecule has 0 fully saturated rings. The third-order valence-electron chi connectivity index (χ3n) is 2.92. The number of fused-ring (bicyclic) bond motifs is 1. The first-order valence-corrected chi connectivity index (χ1v) is 7.86. The molecule has 3 rings (SSSR count). The fraction of sp³-hybridized carbons (Fsp3) is 0.231. The van der Waals surface area contributed by atoms with Crippen LogP contribution in [0, 0.1) is 0 Å². The second-order valence-electron chi connectivity index (χ2n) is 4.37. The lowest BCUT2D eigenvalue weighted by molar-refractivity contribution is 0.741. The summed E-state index contributed by atoms with van der Waals surface area (Å²) in [5.74, 6) is 0.931. The van der Waals surface area contributed by atoms with Crippen LogP contribution in [0.3, 0.4) is 0 Å². The van der Waals surface area contributed by atoms with E-state index in [1.807, 2.05) is 22.2 Å². The van der Waals surface area contributed by atoms with Crippen molar-refractivity contribution in [3.63, 3.8) is 0 Å². The number of halogens is 2. The van der Waals surface area contributed by atoms with Gasteiger partial charge >= 0.3 is 0 Å². The molecule has 0 aliphatic carbocycles. The molecule has 4 nitrogen and oxygen atoms in total. The van der Waals surface area contributed by atoms with Gasteiger partial charge in [0.05, 0.1) is 15.7 Å². The number of aromatic nitrogens is 3. The number of rotatable bonds is 3. The van der Waals surface area contributed by atoms with E-state index in [9.17, 15) is 0 Å². The van der Waals surface area contributed by atoms with Crippen molar-refractivity contribution in [1.29, 1.82) is 0 Å². The van der Waals surface area contributed by atoms with Crippen LogP contribution < -0.4 is 5.43 Å². The molecule has 0 saturated heterocycles. The minimum atomic E-state index is 0.542. The predicted molar refractivity (Wildman–Crippen MR) is 83.7 cm³/mol. The van der Waals surface area contributed by atoms with Crippen LogP contribution in [0.15, 0.2) is 28.8 Å². The smallest absolute Gasteiger partial charge is 0.214 e. The molecule has 0 bridgehead atoms. The topological polar surface area (TPSA) is 42.7 Å². The van der Waals surface area contributed by atoms with Crippen LogP contribution in [0.2, 0.25) is 10.0 Å². The number of thioether (sulfide) groups is 1. The van der Waals surface area contributed by atoms with Crippen LogP contribution >= 0.6 is 35.0 Å². The Kier molecular flexibility index (Phi) is 3.92. The molecule has 20 heavy (non-hydrogen) atoms. The second-order valence-corrected chi connectivity index (χ2v) is 6.03. The zero-order chi connectivity index (χ0) is 14.1. The summed E-state index contributed by atoms with van der Waals surface area (Å²) in [7, 11) is 0. The Morgan fingerprint density at radius 1 is 1.25 bits per heavy atom. The fourth-order valence-electron chi connectivity index (χ4n) is 1.93. The Labute approximate surface area is 131 Å². The number of aryl methyl sites for hydroxylation is 1. The summed E-state index contributed by atoms with van der Waals surface area (Å²) in [6.45, 7) is 2.12. The van der Waals surface area contributed by atoms with Crippen molar-refractivity contribution in [2.24, 2.45) is 0 Å². The molecule has 1 aliphatic rings. The van der Waals surface area contributed by atoms with Crippen LogP contribution in [0.25, 0.3) is 5.70 Å². The van der Waals surface area contributed by atoms with Crippen molar-refractivity contribution in [2.75, 3.05) is 5.43 Å². The second kappa shape index (κ2) is 5.68. The number of hydrogen-bond donors (Lipinski definition) is 1. The molecule has 1 aromatic heterocycles. The van der Waals surface area contributed by atoms with Gasteiger partial charge in [0, 0.05) is 17.4 Å². The largest absolute Gasteiger partial charge is 0.290 e.